The summed E-state index contributed by atoms with van der Waals surface area (Å²) in [6.07, 6.45) is 3.09. The first-order valence-electron chi connectivity index (χ1n) is 9.68. The van der Waals surface area contributed by atoms with Gasteiger partial charge in [0.15, 0.2) is 17.6 Å². The number of ether oxygens (including phenoxy) is 3. The fourth-order valence-electron chi connectivity index (χ4n) is 2.85. The van der Waals surface area contributed by atoms with Gasteiger partial charge in [0.1, 0.15) is 0 Å². The molecule has 3 rings (SSSR count). The van der Waals surface area contributed by atoms with Crippen LogP contribution in [-0.4, -0.2) is 30.6 Å². The lowest BCUT2D eigenvalue weighted by Crippen LogP contribution is -2.23. The molecule has 1 heterocycles. The van der Waals surface area contributed by atoms with Crippen LogP contribution in [0.25, 0.3) is 6.08 Å². The number of Topliss-reactive ketones (excluding diaryl/α,β-unsaturated/α-hetero) is 1. The van der Waals surface area contributed by atoms with Crippen molar-refractivity contribution in [2.24, 2.45) is 0 Å². The van der Waals surface area contributed by atoms with Crippen molar-refractivity contribution in [3.8, 4) is 11.5 Å². The molecule has 1 aliphatic heterocycles. The van der Waals surface area contributed by atoms with Crippen LogP contribution in [0, 0.1) is 0 Å². The van der Waals surface area contributed by atoms with Crippen LogP contribution < -0.4 is 14.8 Å². The zero-order valence-corrected chi connectivity index (χ0v) is 16.8. The highest BCUT2D eigenvalue weighted by atomic mass is 16.7. The van der Waals surface area contributed by atoms with Gasteiger partial charge in [-0.25, -0.2) is 4.79 Å². The van der Waals surface area contributed by atoms with E-state index in [1.807, 2.05) is 6.92 Å². The molecule has 0 aliphatic carbocycles. The molecule has 1 N–H and O–H groups in total. The second-order valence-electron chi connectivity index (χ2n) is 6.76. The van der Waals surface area contributed by atoms with E-state index in [0.717, 1.165) is 12.0 Å². The maximum atomic E-state index is 12.5. The standard InChI is InChI=1S/C23H23NO6/c1-3-4-21(25)24-18-9-7-17(8-10-18)23(27)15(2)30-22(26)12-6-16-5-11-19-20(13-16)29-14-28-19/h5-13,15H,3-4,14H2,1-2H3,(H,24,25)/b12-6+. The van der Waals surface area contributed by atoms with Gasteiger partial charge in [-0.15, -0.1) is 0 Å². The molecule has 7 nitrogen and oxygen atoms in total. The Hall–Kier alpha value is -3.61. The molecule has 2 aromatic carbocycles. The van der Waals surface area contributed by atoms with Gasteiger partial charge in [0.05, 0.1) is 0 Å². The molecule has 0 radical (unpaired) electrons. The molecule has 0 spiro atoms. The number of rotatable bonds is 8. The Labute approximate surface area is 174 Å². The average molecular weight is 409 g/mol. The third kappa shape index (κ3) is 5.47. The summed E-state index contributed by atoms with van der Waals surface area (Å²) < 4.78 is 15.7. The van der Waals surface area contributed by atoms with E-state index >= 15 is 0 Å². The van der Waals surface area contributed by atoms with E-state index in [1.54, 1.807) is 48.5 Å². The van der Waals surface area contributed by atoms with E-state index in [-0.39, 0.29) is 18.5 Å². The SMILES string of the molecule is CCCC(=O)Nc1ccc(C(=O)C(C)OC(=O)/C=C/c2ccc3c(c2)OCO3)cc1. The molecule has 156 valence electrons. The fourth-order valence-corrected chi connectivity index (χ4v) is 2.85. The van der Waals surface area contributed by atoms with Crippen LogP contribution >= 0.6 is 0 Å². The zero-order valence-electron chi connectivity index (χ0n) is 16.8. The largest absolute Gasteiger partial charge is 0.454 e. The molecule has 30 heavy (non-hydrogen) atoms. The lowest BCUT2D eigenvalue weighted by molar-refractivity contribution is -0.140. The summed E-state index contributed by atoms with van der Waals surface area (Å²) in [6.45, 7) is 3.62. The zero-order chi connectivity index (χ0) is 21.5. The van der Waals surface area contributed by atoms with Crippen molar-refractivity contribution in [1.82, 2.24) is 0 Å². The first kappa shape index (κ1) is 21.1. The monoisotopic (exact) mass is 409 g/mol. The molecule has 0 bridgehead atoms. The van der Waals surface area contributed by atoms with Gasteiger partial charge in [-0.2, -0.15) is 0 Å². The topological polar surface area (TPSA) is 90.9 Å². The highest BCUT2D eigenvalue weighted by molar-refractivity contribution is 6.01. The number of hydrogen-bond donors (Lipinski definition) is 1. The lowest BCUT2D eigenvalue weighted by atomic mass is 10.1. The molecule has 1 unspecified atom stereocenters. The van der Waals surface area contributed by atoms with E-state index in [9.17, 15) is 14.4 Å². The van der Waals surface area contributed by atoms with Crippen LogP contribution in [0.2, 0.25) is 0 Å². The number of nitrogens with one attached hydrogen (secondary N) is 1. The van der Waals surface area contributed by atoms with Crippen LogP contribution in [0.3, 0.4) is 0 Å². The summed E-state index contributed by atoms with van der Waals surface area (Å²) >= 11 is 0. The van der Waals surface area contributed by atoms with E-state index in [4.69, 9.17) is 14.2 Å². The van der Waals surface area contributed by atoms with Crippen molar-refractivity contribution in [3.05, 3.63) is 59.7 Å². The number of hydrogen-bond acceptors (Lipinski definition) is 6. The van der Waals surface area contributed by atoms with Crippen LogP contribution in [-0.2, 0) is 14.3 Å². The Morgan fingerprint density at radius 2 is 1.83 bits per heavy atom. The molecule has 0 aromatic heterocycles. The molecule has 1 amide bonds. The average Bonchev–Trinajstić information content (AvgIpc) is 3.20. The number of anilines is 1. The first-order valence-corrected chi connectivity index (χ1v) is 9.68. The predicted octanol–water partition coefficient (Wildman–Crippen LogP) is 3.98. The Morgan fingerprint density at radius 3 is 2.57 bits per heavy atom. The molecular weight excluding hydrogens is 386 g/mol. The minimum absolute atomic E-state index is 0.0758. The van der Waals surface area contributed by atoms with Crippen molar-refractivity contribution >= 4 is 29.4 Å². The summed E-state index contributed by atoms with van der Waals surface area (Å²) in [6, 6.07) is 11.8. The number of carbonyl (C=O) groups excluding carboxylic acids is 3. The summed E-state index contributed by atoms with van der Waals surface area (Å²) in [7, 11) is 0. The van der Waals surface area contributed by atoms with Crippen LogP contribution in [0.15, 0.2) is 48.5 Å². The Balaban J connectivity index is 1.54. The molecule has 1 atom stereocenters. The predicted molar refractivity (Wildman–Crippen MR) is 111 cm³/mol. The summed E-state index contributed by atoms with van der Waals surface area (Å²) in [5.41, 5.74) is 1.75. The minimum atomic E-state index is -0.945. The normalized spacial score (nSPS) is 13.1. The number of amides is 1. The molecule has 2 aromatic rings. The number of carbonyl (C=O) groups is 3. The summed E-state index contributed by atoms with van der Waals surface area (Å²) in [5, 5.41) is 2.76. The van der Waals surface area contributed by atoms with Crippen molar-refractivity contribution in [3.63, 3.8) is 0 Å². The minimum Gasteiger partial charge on any atom is -0.454 e. The van der Waals surface area contributed by atoms with Crippen molar-refractivity contribution in [2.45, 2.75) is 32.8 Å². The second-order valence-corrected chi connectivity index (χ2v) is 6.76. The number of esters is 1. The van der Waals surface area contributed by atoms with Crippen molar-refractivity contribution in [2.75, 3.05) is 12.1 Å². The molecule has 0 saturated carbocycles. The third-order valence-electron chi connectivity index (χ3n) is 4.40. The Morgan fingerprint density at radius 1 is 1.10 bits per heavy atom. The van der Waals surface area contributed by atoms with Gasteiger partial charge in [0, 0.05) is 23.7 Å². The Kier molecular flexibility index (Phi) is 6.85. The van der Waals surface area contributed by atoms with Crippen molar-refractivity contribution in [1.29, 1.82) is 0 Å². The van der Waals surface area contributed by atoms with Gasteiger partial charge < -0.3 is 19.5 Å². The molecule has 7 heteroatoms. The fraction of sp³-hybridized carbons (Fsp3) is 0.261. The molecule has 0 saturated heterocycles. The van der Waals surface area contributed by atoms with E-state index in [2.05, 4.69) is 5.32 Å². The maximum Gasteiger partial charge on any atom is 0.331 e. The van der Waals surface area contributed by atoms with Gasteiger partial charge in [-0.05, 0) is 61.4 Å². The Bertz CT molecular complexity index is 964. The van der Waals surface area contributed by atoms with E-state index < -0.39 is 12.1 Å². The second kappa shape index (κ2) is 9.73. The summed E-state index contributed by atoms with van der Waals surface area (Å²) in [5.74, 6) is 0.240. The number of ketones is 1. The van der Waals surface area contributed by atoms with Crippen LogP contribution in [0.1, 0.15) is 42.6 Å². The van der Waals surface area contributed by atoms with Gasteiger partial charge in [-0.1, -0.05) is 13.0 Å². The van der Waals surface area contributed by atoms with Gasteiger partial charge >= 0.3 is 5.97 Å². The smallest absolute Gasteiger partial charge is 0.331 e. The van der Waals surface area contributed by atoms with Crippen LogP contribution in [0.5, 0.6) is 11.5 Å². The maximum absolute atomic E-state index is 12.5. The van der Waals surface area contributed by atoms with Gasteiger partial charge in [-0.3, -0.25) is 9.59 Å². The number of fused-ring (bicyclic) bond motifs is 1. The van der Waals surface area contributed by atoms with Crippen LogP contribution in [0.4, 0.5) is 5.69 Å². The quantitative estimate of drug-likeness (QED) is 0.403. The third-order valence-corrected chi connectivity index (χ3v) is 4.40. The lowest BCUT2D eigenvalue weighted by Gasteiger charge is -2.11. The summed E-state index contributed by atoms with van der Waals surface area (Å²) in [4.78, 5) is 36.2. The molecule has 0 fully saturated rings. The van der Waals surface area contributed by atoms with Gasteiger partial charge in [0.2, 0.25) is 18.5 Å². The first-order chi connectivity index (χ1) is 14.5. The molecule has 1 aliphatic rings. The van der Waals surface area contributed by atoms with E-state index in [1.165, 1.54) is 13.0 Å². The van der Waals surface area contributed by atoms with E-state index in [0.29, 0.717) is 29.2 Å². The highest BCUT2D eigenvalue weighted by Gasteiger charge is 2.19. The molecular formula is C23H23NO6. The number of benzene rings is 2. The van der Waals surface area contributed by atoms with Crippen molar-refractivity contribution < 1.29 is 28.6 Å². The van der Waals surface area contributed by atoms with Gasteiger partial charge in [0.25, 0.3) is 0 Å². The highest BCUT2D eigenvalue weighted by Crippen LogP contribution is 2.32.